The number of hydrogen-bond donors (Lipinski definition) is 0. The van der Waals surface area contributed by atoms with Crippen LogP contribution in [-0.4, -0.2) is 0 Å². The maximum atomic E-state index is 2.35. The number of hydrogen-bond acceptors (Lipinski definition) is 0. The van der Waals surface area contributed by atoms with Gasteiger partial charge in [0.2, 0.25) is 0 Å². The van der Waals surface area contributed by atoms with E-state index in [1.54, 1.807) is 9.45 Å². The molecular formula is C10H15Br2Ti. The monoisotopic (exact) mass is 341 g/mol. The van der Waals surface area contributed by atoms with Crippen LogP contribution in [0.5, 0.6) is 0 Å². The summed E-state index contributed by atoms with van der Waals surface area (Å²) in [5.41, 5.74) is 1.67. The molecular weight excluding hydrogens is 328 g/mol. The van der Waals surface area contributed by atoms with E-state index in [-0.39, 0.29) is 34.0 Å². The van der Waals surface area contributed by atoms with Crippen molar-refractivity contribution in [1.82, 2.24) is 0 Å². The molecule has 3 heteroatoms. The Hall–Kier alpha value is 1.15. The molecule has 0 bridgehead atoms. The third-order valence-electron chi connectivity index (χ3n) is 2.76. The molecule has 0 aromatic heterocycles. The second-order valence-electron chi connectivity index (χ2n) is 3.52. The molecule has 0 atom stereocenters. The van der Waals surface area contributed by atoms with Gasteiger partial charge in [-0.15, -0.1) is 34.0 Å². The molecule has 0 saturated heterocycles. The van der Waals surface area contributed by atoms with Gasteiger partial charge >= 0.3 is 80.1 Å². The summed E-state index contributed by atoms with van der Waals surface area (Å²) in [6.07, 6.45) is 11.7. The van der Waals surface area contributed by atoms with E-state index < -0.39 is 0 Å². The summed E-state index contributed by atoms with van der Waals surface area (Å²) >= 11 is 2.29. The Bertz CT molecular complexity index is 215. The molecule has 0 radical (unpaired) electrons. The summed E-state index contributed by atoms with van der Waals surface area (Å²) in [5.74, 6) is 0.925. The van der Waals surface area contributed by atoms with Gasteiger partial charge in [-0.05, 0) is 0 Å². The van der Waals surface area contributed by atoms with Gasteiger partial charge in [0.25, 0.3) is 0 Å². The van der Waals surface area contributed by atoms with Crippen LogP contribution < -0.4 is 0 Å². The van der Waals surface area contributed by atoms with Crippen molar-refractivity contribution < 1.29 is 20.4 Å². The van der Waals surface area contributed by atoms with Crippen molar-refractivity contribution in [2.45, 2.75) is 32.1 Å². The van der Waals surface area contributed by atoms with Crippen molar-refractivity contribution in [2.75, 3.05) is 0 Å². The Morgan fingerprint density at radius 2 is 1.77 bits per heavy atom. The van der Waals surface area contributed by atoms with Gasteiger partial charge in [-0.1, -0.05) is 0 Å². The van der Waals surface area contributed by atoms with Crippen molar-refractivity contribution in [2.24, 2.45) is 5.92 Å². The molecule has 2 aliphatic rings. The molecule has 0 aliphatic heterocycles. The van der Waals surface area contributed by atoms with Crippen LogP contribution in [0.2, 0.25) is 0 Å². The molecule has 0 N–H and O–H groups in total. The second-order valence-corrected chi connectivity index (χ2v) is 4.46. The first-order valence-electron chi connectivity index (χ1n) is 4.49. The van der Waals surface area contributed by atoms with Gasteiger partial charge in [-0.25, -0.2) is 0 Å². The zero-order valence-electron chi connectivity index (χ0n) is 7.58. The topological polar surface area (TPSA) is 0 Å². The summed E-state index contributed by atoms with van der Waals surface area (Å²) in [6.45, 7) is 0. The van der Waals surface area contributed by atoms with Gasteiger partial charge in [0, 0.05) is 0 Å². The number of allylic oxidation sites excluding steroid dienone is 4. The molecule has 0 aromatic carbocycles. The fraction of sp³-hybridized carbons (Fsp3) is 0.600. The Morgan fingerprint density at radius 3 is 2.23 bits per heavy atom. The zero-order chi connectivity index (χ0) is 7.68. The third-order valence-corrected chi connectivity index (χ3v) is 3.53. The standard InChI is InChI=1S/C10H13.2BrH.Ti/c1-2-6-9(5-1)10-7-3-4-8-10;;;/h1,5,10H,2-4,7-8H2;2*1H;. The third kappa shape index (κ3) is 3.33. The van der Waals surface area contributed by atoms with Crippen LogP contribution in [-0.2, 0) is 20.4 Å². The fourth-order valence-corrected chi connectivity index (χ4v) is 2.77. The molecule has 0 amide bonds. The van der Waals surface area contributed by atoms with Crippen LogP contribution in [0.1, 0.15) is 32.1 Å². The molecule has 1 saturated carbocycles. The van der Waals surface area contributed by atoms with E-state index in [9.17, 15) is 0 Å². The molecule has 0 heterocycles. The van der Waals surface area contributed by atoms with Crippen molar-refractivity contribution in [1.29, 1.82) is 0 Å². The summed E-state index contributed by atoms with van der Waals surface area (Å²) in [6, 6.07) is 0. The summed E-state index contributed by atoms with van der Waals surface area (Å²) in [4.78, 5) is 0. The molecule has 0 spiro atoms. The molecule has 2 aliphatic carbocycles. The maximum absolute atomic E-state index is 2.35. The van der Waals surface area contributed by atoms with E-state index in [1.807, 2.05) is 0 Å². The zero-order valence-corrected chi connectivity index (χ0v) is 12.6. The van der Waals surface area contributed by atoms with E-state index in [4.69, 9.17) is 0 Å². The molecule has 13 heavy (non-hydrogen) atoms. The number of rotatable bonds is 1. The minimum absolute atomic E-state index is 0. The van der Waals surface area contributed by atoms with Crippen LogP contribution >= 0.6 is 34.0 Å². The van der Waals surface area contributed by atoms with E-state index >= 15 is 0 Å². The van der Waals surface area contributed by atoms with Crippen molar-refractivity contribution >= 4 is 34.0 Å². The molecule has 0 nitrogen and oxygen atoms in total. The fourth-order valence-electron chi connectivity index (χ4n) is 2.14. The molecule has 0 unspecified atom stereocenters. The first kappa shape index (κ1) is 14.2. The van der Waals surface area contributed by atoms with E-state index in [1.165, 1.54) is 32.1 Å². The van der Waals surface area contributed by atoms with Crippen LogP contribution in [0.3, 0.4) is 0 Å². The van der Waals surface area contributed by atoms with Crippen molar-refractivity contribution in [3.63, 3.8) is 0 Å². The average Bonchev–Trinajstić information content (AvgIpc) is 2.55. The predicted molar refractivity (Wildman–Crippen MR) is 63.4 cm³/mol. The van der Waals surface area contributed by atoms with Gasteiger partial charge in [-0.2, -0.15) is 0 Å². The van der Waals surface area contributed by atoms with E-state index in [0.717, 1.165) is 5.92 Å². The van der Waals surface area contributed by atoms with Gasteiger partial charge in [0.1, 0.15) is 0 Å². The van der Waals surface area contributed by atoms with Crippen LogP contribution in [0.25, 0.3) is 0 Å². The second kappa shape index (κ2) is 6.60. The first-order chi connectivity index (χ1) is 5.38. The van der Waals surface area contributed by atoms with Crippen LogP contribution in [0, 0.1) is 5.92 Å². The SMILES string of the molecule is Br.Br.[Ti][C]1=C(C2CCCC2)C=CC1. The summed E-state index contributed by atoms with van der Waals surface area (Å²) in [7, 11) is 0. The summed E-state index contributed by atoms with van der Waals surface area (Å²) < 4.78 is 1.62. The van der Waals surface area contributed by atoms with Crippen LogP contribution in [0.4, 0.5) is 0 Å². The molecule has 73 valence electrons. The summed E-state index contributed by atoms with van der Waals surface area (Å²) in [5, 5.41) is 0. The van der Waals surface area contributed by atoms with Gasteiger partial charge in [0.15, 0.2) is 0 Å². The average molecular weight is 343 g/mol. The quantitative estimate of drug-likeness (QED) is 0.629. The van der Waals surface area contributed by atoms with Crippen LogP contribution in [0.15, 0.2) is 21.6 Å². The molecule has 2 rings (SSSR count). The normalized spacial score (nSPS) is 21.5. The minimum atomic E-state index is 0. The molecule has 1 fully saturated rings. The van der Waals surface area contributed by atoms with Gasteiger partial charge in [0.05, 0.1) is 0 Å². The van der Waals surface area contributed by atoms with E-state index in [2.05, 4.69) is 32.6 Å². The Labute approximate surface area is 113 Å². The van der Waals surface area contributed by atoms with E-state index in [0.29, 0.717) is 0 Å². The Balaban J connectivity index is 0.000000720. The van der Waals surface area contributed by atoms with Crippen molar-refractivity contribution in [3.05, 3.63) is 21.6 Å². The number of halogens is 2. The van der Waals surface area contributed by atoms with Gasteiger partial charge in [-0.3, -0.25) is 0 Å². The van der Waals surface area contributed by atoms with Crippen molar-refractivity contribution in [3.8, 4) is 0 Å². The van der Waals surface area contributed by atoms with Gasteiger partial charge < -0.3 is 0 Å². The first-order valence-corrected chi connectivity index (χ1v) is 5.27. The molecule has 0 aromatic rings. The predicted octanol–water partition coefficient (Wildman–Crippen LogP) is 4.09. The Morgan fingerprint density at radius 1 is 1.15 bits per heavy atom. The Kier molecular flexibility index (Phi) is 7.19.